The fourth-order valence-electron chi connectivity index (χ4n) is 0.819. The number of hydrogen-bond acceptors (Lipinski definition) is 1. The van der Waals surface area contributed by atoms with Crippen LogP contribution in [-0.4, -0.2) is 4.98 Å². The molecular formula is C9H12IN. The summed E-state index contributed by atoms with van der Waals surface area (Å²) < 4.78 is 1.05. The first-order valence-corrected chi connectivity index (χ1v) is 4.70. The fourth-order valence-corrected chi connectivity index (χ4v) is 1.14. The van der Waals surface area contributed by atoms with Crippen LogP contribution >= 0.6 is 22.6 Å². The van der Waals surface area contributed by atoms with Gasteiger partial charge in [0.15, 0.2) is 0 Å². The van der Waals surface area contributed by atoms with E-state index in [9.17, 15) is 0 Å². The van der Waals surface area contributed by atoms with Crippen LogP contribution in [0.4, 0.5) is 0 Å². The largest absolute Gasteiger partial charge is 0.250 e. The van der Waals surface area contributed by atoms with Gasteiger partial charge in [-0.2, -0.15) is 0 Å². The van der Waals surface area contributed by atoms with Crippen molar-refractivity contribution < 1.29 is 0 Å². The molecule has 0 aliphatic carbocycles. The number of nitrogens with zero attached hydrogens (tertiary/aromatic N) is 1. The minimum atomic E-state index is 0.220. The molecule has 1 heterocycles. The average molecular weight is 261 g/mol. The summed E-state index contributed by atoms with van der Waals surface area (Å²) in [5, 5.41) is 0. The molecule has 1 aromatic rings. The van der Waals surface area contributed by atoms with Crippen molar-refractivity contribution >= 4 is 22.6 Å². The Hall–Kier alpha value is -0.120. The zero-order valence-electron chi connectivity index (χ0n) is 7.06. The summed E-state index contributed by atoms with van der Waals surface area (Å²) in [4.78, 5) is 4.23. The molecule has 0 aliphatic rings. The molecule has 0 spiro atoms. The molecule has 0 aromatic carbocycles. The molecule has 1 rings (SSSR count). The molecule has 0 N–H and O–H groups in total. The molecule has 0 saturated carbocycles. The Labute approximate surface area is 81.4 Å². The van der Waals surface area contributed by atoms with Crippen molar-refractivity contribution in [3.05, 3.63) is 27.6 Å². The molecule has 1 nitrogen and oxygen atoms in total. The van der Waals surface area contributed by atoms with Gasteiger partial charge in [-0.25, -0.2) is 0 Å². The highest BCUT2D eigenvalue weighted by Gasteiger charge is 2.12. The second-order valence-corrected chi connectivity index (χ2v) is 4.72. The van der Waals surface area contributed by atoms with Crippen molar-refractivity contribution in [2.24, 2.45) is 0 Å². The maximum atomic E-state index is 4.23. The molecular weight excluding hydrogens is 249 g/mol. The van der Waals surface area contributed by atoms with Crippen molar-refractivity contribution in [3.63, 3.8) is 0 Å². The summed E-state index contributed by atoms with van der Waals surface area (Å²) in [6.07, 6.45) is 1.95. The SMILES string of the molecule is CC(C)(C)c1ccc(I)nc1. The highest BCUT2D eigenvalue weighted by molar-refractivity contribution is 14.1. The molecule has 2 heteroatoms. The number of rotatable bonds is 0. The highest BCUT2D eigenvalue weighted by Crippen LogP contribution is 2.20. The van der Waals surface area contributed by atoms with Gasteiger partial charge in [-0.1, -0.05) is 26.8 Å². The molecule has 0 aliphatic heterocycles. The van der Waals surface area contributed by atoms with Gasteiger partial charge in [-0.3, -0.25) is 4.98 Å². The van der Waals surface area contributed by atoms with Gasteiger partial charge < -0.3 is 0 Å². The maximum Gasteiger partial charge on any atom is 0.101 e. The maximum absolute atomic E-state index is 4.23. The third kappa shape index (κ3) is 2.43. The Morgan fingerprint density at radius 1 is 1.27 bits per heavy atom. The monoisotopic (exact) mass is 261 g/mol. The van der Waals surface area contributed by atoms with E-state index >= 15 is 0 Å². The van der Waals surface area contributed by atoms with Crippen LogP contribution in [0.5, 0.6) is 0 Å². The van der Waals surface area contributed by atoms with Crippen LogP contribution in [0.15, 0.2) is 18.3 Å². The summed E-state index contributed by atoms with van der Waals surface area (Å²) in [6.45, 7) is 6.57. The zero-order valence-corrected chi connectivity index (χ0v) is 9.21. The van der Waals surface area contributed by atoms with E-state index in [-0.39, 0.29) is 5.41 Å². The standard InChI is InChI=1S/C9H12IN/c1-9(2,3)7-4-5-8(10)11-6-7/h4-6H,1-3H3. The number of halogens is 1. The van der Waals surface area contributed by atoms with Crippen molar-refractivity contribution in [2.75, 3.05) is 0 Å². The normalized spacial score (nSPS) is 11.6. The van der Waals surface area contributed by atoms with Crippen LogP contribution in [0.3, 0.4) is 0 Å². The predicted molar refractivity (Wildman–Crippen MR) is 55.7 cm³/mol. The van der Waals surface area contributed by atoms with E-state index in [0.29, 0.717) is 0 Å². The lowest BCUT2D eigenvalue weighted by Crippen LogP contribution is -2.11. The zero-order chi connectivity index (χ0) is 8.48. The van der Waals surface area contributed by atoms with E-state index in [0.717, 1.165) is 3.70 Å². The van der Waals surface area contributed by atoms with Crippen LogP contribution in [0.2, 0.25) is 0 Å². The van der Waals surface area contributed by atoms with E-state index in [4.69, 9.17) is 0 Å². The Morgan fingerprint density at radius 2 is 1.91 bits per heavy atom. The first-order chi connectivity index (χ1) is 5.00. The topological polar surface area (TPSA) is 12.9 Å². The second kappa shape index (κ2) is 3.09. The van der Waals surface area contributed by atoms with Crippen molar-refractivity contribution in [3.8, 4) is 0 Å². The van der Waals surface area contributed by atoms with Crippen LogP contribution in [-0.2, 0) is 5.41 Å². The van der Waals surface area contributed by atoms with Gasteiger partial charge in [0.2, 0.25) is 0 Å². The lowest BCUT2D eigenvalue weighted by Gasteiger charge is -2.17. The molecule has 1 aromatic heterocycles. The van der Waals surface area contributed by atoms with E-state index in [1.807, 2.05) is 12.3 Å². The smallest absolute Gasteiger partial charge is 0.101 e. The van der Waals surface area contributed by atoms with Gasteiger partial charge in [0.05, 0.1) is 0 Å². The summed E-state index contributed by atoms with van der Waals surface area (Å²) in [5.41, 5.74) is 1.51. The van der Waals surface area contributed by atoms with Gasteiger partial charge in [-0.15, -0.1) is 0 Å². The third-order valence-electron chi connectivity index (χ3n) is 1.59. The highest BCUT2D eigenvalue weighted by atomic mass is 127. The summed E-state index contributed by atoms with van der Waals surface area (Å²) in [6, 6.07) is 4.18. The molecule has 0 bridgehead atoms. The summed E-state index contributed by atoms with van der Waals surface area (Å²) in [5.74, 6) is 0. The van der Waals surface area contributed by atoms with Gasteiger partial charge in [0, 0.05) is 6.20 Å². The quantitative estimate of drug-likeness (QED) is 0.516. The fraction of sp³-hybridized carbons (Fsp3) is 0.444. The summed E-state index contributed by atoms with van der Waals surface area (Å²) >= 11 is 2.21. The minimum absolute atomic E-state index is 0.220. The summed E-state index contributed by atoms with van der Waals surface area (Å²) in [7, 11) is 0. The predicted octanol–water partition coefficient (Wildman–Crippen LogP) is 2.98. The van der Waals surface area contributed by atoms with Crippen molar-refractivity contribution in [1.29, 1.82) is 0 Å². The molecule has 0 fully saturated rings. The molecule has 0 radical (unpaired) electrons. The number of aromatic nitrogens is 1. The van der Waals surface area contributed by atoms with Crippen molar-refractivity contribution in [2.45, 2.75) is 26.2 Å². The van der Waals surface area contributed by atoms with E-state index in [2.05, 4.69) is 54.4 Å². The Kier molecular flexibility index (Phi) is 2.52. The van der Waals surface area contributed by atoms with E-state index < -0.39 is 0 Å². The van der Waals surface area contributed by atoms with Gasteiger partial charge in [0.1, 0.15) is 3.70 Å². The molecule has 11 heavy (non-hydrogen) atoms. The van der Waals surface area contributed by atoms with Crippen LogP contribution < -0.4 is 0 Å². The third-order valence-corrected chi connectivity index (χ3v) is 2.23. The lowest BCUT2D eigenvalue weighted by molar-refractivity contribution is 0.587. The Morgan fingerprint density at radius 3 is 2.27 bits per heavy atom. The minimum Gasteiger partial charge on any atom is -0.250 e. The first kappa shape index (κ1) is 8.97. The van der Waals surface area contributed by atoms with E-state index in [1.54, 1.807) is 0 Å². The molecule has 0 saturated heterocycles. The molecule has 0 amide bonds. The average Bonchev–Trinajstić information content (AvgIpc) is 1.86. The molecule has 60 valence electrons. The van der Waals surface area contributed by atoms with E-state index in [1.165, 1.54) is 5.56 Å². The van der Waals surface area contributed by atoms with Crippen LogP contribution in [0.1, 0.15) is 26.3 Å². The lowest BCUT2D eigenvalue weighted by atomic mass is 9.88. The molecule has 0 atom stereocenters. The van der Waals surface area contributed by atoms with Crippen LogP contribution in [0.25, 0.3) is 0 Å². The van der Waals surface area contributed by atoms with Gasteiger partial charge in [0.25, 0.3) is 0 Å². The Bertz CT molecular complexity index is 233. The number of pyridine rings is 1. The molecule has 0 unspecified atom stereocenters. The van der Waals surface area contributed by atoms with Crippen molar-refractivity contribution in [1.82, 2.24) is 4.98 Å². The Balaban J connectivity index is 2.99. The number of hydrogen-bond donors (Lipinski definition) is 0. The second-order valence-electron chi connectivity index (χ2n) is 3.62. The first-order valence-electron chi connectivity index (χ1n) is 3.62. The van der Waals surface area contributed by atoms with Gasteiger partial charge >= 0.3 is 0 Å². The van der Waals surface area contributed by atoms with Crippen LogP contribution in [0, 0.1) is 3.70 Å². The van der Waals surface area contributed by atoms with Gasteiger partial charge in [-0.05, 0) is 39.6 Å².